The fraction of sp³-hybridized carbons (Fsp3) is 0.0476. The molecule has 6 nitrogen and oxygen atoms in total. The van der Waals surface area contributed by atoms with E-state index in [4.69, 9.17) is 9.47 Å². The van der Waals surface area contributed by atoms with Crippen LogP contribution in [0.1, 0.15) is 20.7 Å². The number of benzene rings is 3. The van der Waals surface area contributed by atoms with Crippen molar-refractivity contribution in [3.8, 4) is 11.5 Å². The number of rotatable bonds is 4. The smallest absolute Gasteiger partial charge is 0.255 e. The summed E-state index contributed by atoms with van der Waals surface area (Å²) in [5, 5.41) is 5.61. The monoisotopic (exact) mass is 360 g/mol. The SMILES string of the molecule is O=C(Nc1ccccc1)c1ccc(C(=O)Nc2ccc3c(c2)OCO3)cc1. The highest BCUT2D eigenvalue weighted by molar-refractivity contribution is 6.07. The van der Waals surface area contributed by atoms with Gasteiger partial charge in [0.25, 0.3) is 11.8 Å². The fourth-order valence-electron chi connectivity index (χ4n) is 2.68. The van der Waals surface area contributed by atoms with Gasteiger partial charge in [-0.25, -0.2) is 0 Å². The van der Waals surface area contributed by atoms with Crippen molar-refractivity contribution in [2.24, 2.45) is 0 Å². The number of hydrogen-bond acceptors (Lipinski definition) is 4. The Morgan fingerprint density at radius 1 is 0.667 bits per heavy atom. The molecule has 134 valence electrons. The summed E-state index contributed by atoms with van der Waals surface area (Å²) in [7, 11) is 0. The number of amides is 2. The summed E-state index contributed by atoms with van der Waals surface area (Å²) >= 11 is 0. The molecule has 0 atom stereocenters. The lowest BCUT2D eigenvalue weighted by atomic mass is 10.1. The van der Waals surface area contributed by atoms with Crippen LogP contribution in [0.4, 0.5) is 11.4 Å². The van der Waals surface area contributed by atoms with Gasteiger partial charge in [-0.2, -0.15) is 0 Å². The van der Waals surface area contributed by atoms with Crippen LogP contribution in [0.2, 0.25) is 0 Å². The van der Waals surface area contributed by atoms with Crippen molar-refractivity contribution >= 4 is 23.2 Å². The Labute approximate surface area is 155 Å². The minimum absolute atomic E-state index is 0.180. The molecule has 1 aliphatic heterocycles. The van der Waals surface area contributed by atoms with Gasteiger partial charge in [0.15, 0.2) is 11.5 Å². The minimum Gasteiger partial charge on any atom is -0.454 e. The summed E-state index contributed by atoms with van der Waals surface area (Å²) in [4.78, 5) is 24.7. The molecule has 1 aliphatic rings. The van der Waals surface area contributed by atoms with Crippen LogP contribution in [0.3, 0.4) is 0 Å². The number of anilines is 2. The average molecular weight is 360 g/mol. The van der Waals surface area contributed by atoms with Crippen molar-refractivity contribution in [2.75, 3.05) is 17.4 Å². The van der Waals surface area contributed by atoms with Crippen LogP contribution in [0.5, 0.6) is 11.5 Å². The Morgan fingerprint density at radius 2 is 1.26 bits per heavy atom. The van der Waals surface area contributed by atoms with E-state index in [1.807, 2.05) is 30.3 Å². The third-order valence-electron chi connectivity index (χ3n) is 4.07. The molecule has 6 heteroatoms. The lowest BCUT2D eigenvalue weighted by Crippen LogP contribution is -2.14. The molecule has 0 aromatic heterocycles. The second-order valence-corrected chi connectivity index (χ2v) is 5.92. The molecule has 0 aliphatic carbocycles. The molecule has 2 amide bonds. The molecule has 4 rings (SSSR count). The summed E-state index contributed by atoms with van der Waals surface area (Å²) in [5.41, 5.74) is 2.24. The van der Waals surface area contributed by atoms with Crippen LogP contribution in [0, 0.1) is 0 Å². The third kappa shape index (κ3) is 3.74. The third-order valence-corrected chi connectivity index (χ3v) is 4.07. The van der Waals surface area contributed by atoms with E-state index in [2.05, 4.69) is 10.6 Å². The Hall–Kier alpha value is -3.80. The van der Waals surface area contributed by atoms with E-state index in [-0.39, 0.29) is 18.6 Å². The number of hydrogen-bond donors (Lipinski definition) is 2. The number of carbonyl (C=O) groups is 2. The number of para-hydroxylation sites is 1. The Morgan fingerprint density at radius 3 is 1.93 bits per heavy atom. The van der Waals surface area contributed by atoms with Gasteiger partial charge in [0.2, 0.25) is 6.79 Å². The Bertz CT molecular complexity index is 985. The van der Waals surface area contributed by atoms with Gasteiger partial charge < -0.3 is 20.1 Å². The van der Waals surface area contributed by atoms with Crippen molar-refractivity contribution in [1.82, 2.24) is 0 Å². The zero-order valence-electron chi connectivity index (χ0n) is 14.3. The standard InChI is InChI=1S/C21H16N2O4/c24-20(22-16-4-2-1-3-5-16)14-6-8-15(9-7-14)21(25)23-17-10-11-18-19(12-17)27-13-26-18/h1-12H,13H2,(H,22,24)(H,23,25). The van der Waals surface area contributed by atoms with Gasteiger partial charge in [0.1, 0.15) is 0 Å². The van der Waals surface area contributed by atoms with Crippen molar-refractivity contribution in [1.29, 1.82) is 0 Å². The molecule has 0 fully saturated rings. The van der Waals surface area contributed by atoms with Crippen LogP contribution >= 0.6 is 0 Å². The predicted molar refractivity (Wildman–Crippen MR) is 101 cm³/mol. The summed E-state index contributed by atoms with van der Waals surface area (Å²) in [6.07, 6.45) is 0. The maximum Gasteiger partial charge on any atom is 0.255 e. The van der Waals surface area contributed by atoms with Crippen LogP contribution in [-0.2, 0) is 0 Å². The van der Waals surface area contributed by atoms with Crippen molar-refractivity contribution in [3.05, 3.63) is 83.9 Å². The lowest BCUT2D eigenvalue weighted by Gasteiger charge is -2.08. The predicted octanol–water partition coefficient (Wildman–Crippen LogP) is 3.92. The Balaban J connectivity index is 1.42. The molecule has 1 heterocycles. The summed E-state index contributed by atoms with van der Waals surface area (Å²) in [5.74, 6) is 0.746. The average Bonchev–Trinajstić information content (AvgIpc) is 3.16. The van der Waals surface area contributed by atoms with Crippen molar-refractivity contribution in [2.45, 2.75) is 0 Å². The van der Waals surface area contributed by atoms with Crippen LogP contribution < -0.4 is 20.1 Å². The minimum atomic E-state index is -0.274. The highest BCUT2D eigenvalue weighted by Crippen LogP contribution is 2.34. The molecule has 0 saturated carbocycles. The molecule has 3 aromatic carbocycles. The maximum absolute atomic E-state index is 12.4. The highest BCUT2D eigenvalue weighted by atomic mass is 16.7. The van der Waals surface area contributed by atoms with Crippen LogP contribution in [0.25, 0.3) is 0 Å². The first-order valence-electron chi connectivity index (χ1n) is 8.36. The summed E-state index contributed by atoms with van der Waals surface area (Å²) < 4.78 is 10.5. The topological polar surface area (TPSA) is 76.7 Å². The molecule has 0 bridgehead atoms. The van der Waals surface area contributed by atoms with Gasteiger partial charge >= 0.3 is 0 Å². The molecule has 27 heavy (non-hydrogen) atoms. The maximum atomic E-state index is 12.4. The molecule has 0 saturated heterocycles. The molecular weight excluding hydrogens is 344 g/mol. The van der Waals surface area contributed by atoms with E-state index in [0.29, 0.717) is 34.0 Å². The van der Waals surface area contributed by atoms with Crippen molar-refractivity contribution in [3.63, 3.8) is 0 Å². The van der Waals surface area contributed by atoms with Crippen LogP contribution in [0.15, 0.2) is 72.8 Å². The van der Waals surface area contributed by atoms with Gasteiger partial charge in [-0.15, -0.1) is 0 Å². The number of carbonyl (C=O) groups excluding carboxylic acids is 2. The largest absolute Gasteiger partial charge is 0.454 e. The van der Waals surface area contributed by atoms with Gasteiger partial charge in [0.05, 0.1) is 0 Å². The van der Waals surface area contributed by atoms with E-state index in [9.17, 15) is 9.59 Å². The van der Waals surface area contributed by atoms with E-state index in [0.717, 1.165) is 0 Å². The first-order valence-corrected chi connectivity index (χ1v) is 8.36. The molecule has 0 radical (unpaired) electrons. The summed E-state index contributed by atoms with van der Waals surface area (Å²) in [6.45, 7) is 0.180. The molecule has 3 aromatic rings. The van der Waals surface area contributed by atoms with Crippen molar-refractivity contribution < 1.29 is 19.1 Å². The summed E-state index contributed by atoms with van der Waals surface area (Å²) in [6, 6.07) is 20.9. The van der Waals surface area contributed by atoms with E-state index in [1.165, 1.54) is 0 Å². The van der Waals surface area contributed by atoms with E-state index < -0.39 is 0 Å². The second-order valence-electron chi connectivity index (χ2n) is 5.92. The first-order chi connectivity index (χ1) is 13.2. The van der Waals surface area contributed by atoms with E-state index >= 15 is 0 Å². The number of ether oxygens (including phenoxy) is 2. The fourth-order valence-corrected chi connectivity index (χ4v) is 2.68. The van der Waals surface area contributed by atoms with Gasteiger partial charge in [-0.3, -0.25) is 9.59 Å². The van der Waals surface area contributed by atoms with Gasteiger partial charge in [0, 0.05) is 28.6 Å². The lowest BCUT2D eigenvalue weighted by molar-refractivity contribution is 0.101. The molecule has 0 spiro atoms. The van der Waals surface area contributed by atoms with E-state index in [1.54, 1.807) is 42.5 Å². The molecule has 0 unspecified atom stereocenters. The van der Waals surface area contributed by atoms with Crippen LogP contribution in [-0.4, -0.2) is 18.6 Å². The molecular formula is C21H16N2O4. The zero-order chi connectivity index (χ0) is 18.6. The number of nitrogens with one attached hydrogen (secondary N) is 2. The van der Waals surface area contributed by atoms with Gasteiger partial charge in [-0.1, -0.05) is 18.2 Å². The Kier molecular flexibility index (Phi) is 4.45. The zero-order valence-corrected chi connectivity index (χ0v) is 14.3. The first kappa shape index (κ1) is 16.7. The number of fused-ring (bicyclic) bond motifs is 1. The normalized spacial score (nSPS) is 11.7. The quantitative estimate of drug-likeness (QED) is 0.739. The second kappa shape index (κ2) is 7.21. The van der Waals surface area contributed by atoms with Gasteiger partial charge in [-0.05, 0) is 48.5 Å². The highest BCUT2D eigenvalue weighted by Gasteiger charge is 2.15. The molecule has 2 N–H and O–H groups in total.